The molecule has 1 N–H and O–H groups in total. The van der Waals surface area contributed by atoms with Gasteiger partial charge in [-0.1, -0.05) is 23.8 Å². The van der Waals surface area contributed by atoms with Crippen LogP contribution in [0, 0.1) is 0 Å². The molecule has 3 nitrogen and oxygen atoms in total. The lowest BCUT2D eigenvalue weighted by Crippen LogP contribution is -2.13. The number of nitrogens with zero attached hydrogens (tertiary/aromatic N) is 2. The van der Waals surface area contributed by atoms with Gasteiger partial charge in [-0.15, -0.1) is 0 Å². The lowest BCUT2D eigenvalue weighted by atomic mass is 10.1. The molecule has 2 aromatic rings. The second-order valence-corrected chi connectivity index (χ2v) is 5.12. The van der Waals surface area contributed by atoms with E-state index in [1.165, 1.54) is 29.3 Å². The maximum atomic E-state index is 4.75. The van der Waals surface area contributed by atoms with E-state index in [0.29, 0.717) is 0 Å². The molecule has 100 valence electrons. The third-order valence-corrected chi connectivity index (χ3v) is 3.80. The van der Waals surface area contributed by atoms with Crippen molar-refractivity contribution in [1.82, 2.24) is 15.1 Å². The summed E-state index contributed by atoms with van der Waals surface area (Å²) in [7, 11) is 0. The quantitative estimate of drug-likeness (QED) is 0.893. The predicted molar refractivity (Wildman–Crippen MR) is 80.1 cm³/mol. The highest BCUT2D eigenvalue weighted by molar-refractivity contribution is 5.87. The first-order valence-electron chi connectivity index (χ1n) is 7.24. The molecule has 2 heterocycles. The highest BCUT2D eigenvalue weighted by atomic mass is 15.3. The zero-order valence-electron chi connectivity index (χ0n) is 11.5. The second-order valence-electron chi connectivity index (χ2n) is 5.12. The molecule has 0 saturated carbocycles. The molecule has 0 unspecified atom stereocenters. The molecule has 1 aromatic heterocycles. The Hall–Kier alpha value is -1.61. The van der Waals surface area contributed by atoms with Crippen LogP contribution in [0.4, 0.5) is 0 Å². The Bertz CT molecular complexity index is 585. The summed E-state index contributed by atoms with van der Waals surface area (Å²) < 4.78 is 2.09. The van der Waals surface area contributed by atoms with Gasteiger partial charge in [0, 0.05) is 11.9 Å². The van der Waals surface area contributed by atoms with E-state index < -0.39 is 0 Å². The normalized spacial score (nSPS) is 18.9. The van der Waals surface area contributed by atoms with Crippen LogP contribution in [0.5, 0.6) is 0 Å². The lowest BCUT2D eigenvalue weighted by Gasteiger charge is -2.00. The van der Waals surface area contributed by atoms with Crippen LogP contribution >= 0.6 is 0 Å². The van der Waals surface area contributed by atoms with Gasteiger partial charge in [-0.25, -0.2) is 0 Å². The van der Waals surface area contributed by atoms with Crippen LogP contribution in [0.25, 0.3) is 17.0 Å². The Kier molecular flexibility index (Phi) is 3.65. The summed E-state index contributed by atoms with van der Waals surface area (Å²) in [5, 5.41) is 9.47. The molecule has 1 aromatic carbocycles. The van der Waals surface area contributed by atoms with E-state index in [0.717, 1.165) is 31.7 Å². The van der Waals surface area contributed by atoms with E-state index in [1.54, 1.807) is 0 Å². The SMILES string of the molecule is CCn1nc(/C=C2/CCCNCC2)c2ccccc21. The summed E-state index contributed by atoms with van der Waals surface area (Å²) in [4.78, 5) is 0. The molecule has 0 bridgehead atoms. The van der Waals surface area contributed by atoms with Gasteiger partial charge in [-0.05, 0) is 51.4 Å². The van der Waals surface area contributed by atoms with Crippen LogP contribution in [-0.2, 0) is 6.54 Å². The molecule has 0 aliphatic carbocycles. The average Bonchev–Trinajstić information content (AvgIpc) is 2.62. The third kappa shape index (κ3) is 2.56. The summed E-state index contributed by atoms with van der Waals surface area (Å²) in [6, 6.07) is 8.52. The molecule has 1 fully saturated rings. The maximum absolute atomic E-state index is 4.75. The van der Waals surface area contributed by atoms with Crippen molar-refractivity contribution in [3.8, 4) is 0 Å². The molecule has 0 radical (unpaired) electrons. The largest absolute Gasteiger partial charge is 0.316 e. The molecule has 0 amide bonds. The number of benzene rings is 1. The minimum Gasteiger partial charge on any atom is -0.316 e. The number of hydrogen-bond donors (Lipinski definition) is 1. The topological polar surface area (TPSA) is 29.9 Å². The number of fused-ring (bicyclic) bond motifs is 1. The summed E-state index contributed by atoms with van der Waals surface area (Å²) in [6.45, 7) is 5.30. The minimum absolute atomic E-state index is 0.922. The van der Waals surface area contributed by atoms with Crippen molar-refractivity contribution < 1.29 is 0 Å². The molecular weight excluding hydrogens is 234 g/mol. The number of para-hydroxylation sites is 1. The van der Waals surface area contributed by atoms with Crippen LogP contribution in [0.2, 0.25) is 0 Å². The fraction of sp³-hybridized carbons (Fsp3) is 0.438. The van der Waals surface area contributed by atoms with Crippen molar-refractivity contribution in [2.24, 2.45) is 0 Å². The zero-order valence-corrected chi connectivity index (χ0v) is 11.5. The average molecular weight is 255 g/mol. The number of rotatable bonds is 2. The van der Waals surface area contributed by atoms with Crippen molar-refractivity contribution in [2.45, 2.75) is 32.7 Å². The van der Waals surface area contributed by atoms with E-state index in [2.05, 4.69) is 47.3 Å². The van der Waals surface area contributed by atoms with Gasteiger partial charge >= 0.3 is 0 Å². The molecule has 19 heavy (non-hydrogen) atoms. The number of nitrogens with one attached hydrogen (secondary N) is 1. The Morgan fingerprint density at radius 3 is 3.05 bits per heavy atom. The van der Waals surface area contributed by atoms with E-state index in [-0.39, 0.29) is 0 Å². The summed E-state index contributed by atoms with van der Waals surface area (Å²) in [6.07, 6.45) is 5.88. The van der Waals surface area contributed by atoms with E-state index in [4.69, 9.17) is 5.10 Å². The van der Waals surface area contributed by atoms with Gasteiger partial charge in [0.25, 0.3) is 0 Å². The first-order valence-corrected chi connectivity index (χ1v) is 7.24. The van der Waals surface area contributed by atoms with Crippen LogP contribution < -0.4 is 5.32 Å². The molecule has 0 atom stereocenters. The zero-order chi connectivity index (χ0) is 13.1. The van der Waals surface area contributed by atoms with Gasteiger partial charge in [-0.2, -0.15) is 5.10 Å². The second kappa shape index (κ2) is 5.57. The first kappa shape index (κ1) is 12.4. The van der Waals surface area contributed by atoms with Crippen molar-refractivity contribution in [3.05, 3.63) is 35.5 Å². The Morgan fingerprint density at radius 1 is 1.26 bits per heavy atom. The molecule has 1 aliphatic rings. The molecule has 3 heteroatoms. The van der Waals surface area contributed by atoms with Crippen LogP contribution in [0.3, 0.4) is 0 Å². The Balaban J connectivity index is 2.02. The molecule has 1 aliphatic heterocycles. The van der Waals surface area contributed by atoms with E-state index in [1.807, 2.05) is 0 Å². The van der Waals surface area contributed by atoms with Crippen molar-refractivity contribution in [3.63, 3.8) is 0 Å². The standard InChI is InChI=1S/C16H21N3/c1-2-19-16-8-4-3-7-14(16)15(18-19)12-13-6-5-10-17-11-9-13/h3-4,7-8,12,17H,2,5-6,9-11H2,1H3/b13-12-. The van der Waals surface area contributed by atoms with Gasteiger partial charge < -0.3 is 5.32 Å². The monoisotopic (exact) mass is 255 g/mol. The molecule has 1 saturated heterocycles. The van der Waals surface area contributed by atoms with Gasteiger partial charge in [0.2, 0.25) is 0 Å². The summed E-state index contributed by atoms with van der Waals surface area (Å²) >= 11 is 0. The number of aromatic nitrogens is 2. The Morgan fingerprint density at radius 2 is 2.16 bits per heavy atom. The number of hydrogen-bond acceptors (Lipinski definition) is 2. The maximum Gasteiger partial charge on any atom is 0.0929 e. The Labute approximate surface area is 114 Å². The van der Waals surface area contributed by atoms with Crippen molar-refractivity contribution in [2.75, 3.05) is 13.1 Å². The first-order chi connectivity index (χ1) is 9.38. The lowest BCUT2D eigenvalue weighted by molar-refractivity contribution is 0.681. The van der Waals surface area contributed by atoms with Gasteiger partial charge in [-0.3, -0.25) is 4.68 Å². The van der Waals surface area contributed by atoms with Gasteiger partial charge in [0.05, 0.1) is 11.2 Å². The fourth-order valence-corrected chi connectivity index (χ4v) is 2.78. The van der Waals surface area contributed by atoms with Gasteiger partial charge in [0.1, 0.15) is 0 Å². The van der Waals surface area contributed by atoms with E-state index >= 15 is 0 Å². The molecular formula is C16H21N3. The van der Waals surface area contributed by atoms with E-state index in [9.17, 15) is 0 Å². The van der Waals surface area contributed by atoms with Crippen LogP contribution in [0.15, 0.2) is 29.8 Å². The fourth-order valence-electron chi connectivity index (χ4n) is 2.78. The van der Waals surface area contributed by atoms with Gasteiger partial charge in [0.15, 0.2) is 0 Å². The van der Waals surface area contributed by atoms with Crippen molar-refractivity contribution in [1.29, 1.82) is 0 Å². The minimum atomic E-state index is 0.922. The smallest absolute Gasteiger partial charge is 0.0929 e. The summed E-state index contributed by atoms with van der Waals surface area (Å²) in [5.41, 5.74) is 3.90. The number of aryl methyl sites for hydroxylation is 1. The highest BCUT2D eigenvalue weighted by Crippen LogP contribution is 2.23. The van der Waals surface area contributed by atoms with Crippen LogP contribution in [-0.4, -0.2) is 22.9 Å². The third-order valence-electron chi connectivity index (χ3n) is 3.80. The van der Waals surface area contributed by atoms with Crippen LogP contribution in [0.1, 0.15) is 31.9 Å². The highest BCUT2D eigenvalue weighted by Gasteiger charge is 2.09. The molecule has 3 rings (SSSR count). The summed E-state index contributed by atoms with van der Waals surface area (Å²) in [5.74, 6) is 0. The predicted octanol–water partition coefficient (Wildman–Crippen LogP) is 3.21. The molecule has 0 spiro atoms. The van der Waals surface area contributed by atoms with Crippen molar-refractivity contribution >= 4 is 17.0 Å².